The van der Waals surface area contributed by atoms with Crippen LogP contribution in [0.1, 0.15) is 20.8 Å². The highest BCUT2D eigenvalue weighted by molar-refractivity contribution is 5.96. The van der Waals surface area contributed by atoms with Crippen molar-refractivity contribution < 1.29 is 19.4 Å². The molecule has 0 aromatic rings. The highest BCUT2D eigenvalue weighted by Gasteiger charge is 2.33. The lowest BCUT2D eigenvalue weighted by Gasteiger charge is -2.38. The highest BCUT2D eigenvalue weighted by atomic mass is 16.5. The Hall–Kier alpha value is -1.10. The summed E-state index contributed by atoms with van der Waals surface area (Å²) in [5.74, 6) is -2.39. The third-order valence-electron chi connectivity index (χ3n) is 2.48. The van der Waals surface area contributed by atoms with E-state index in [1.54, 1.807) is 4.90 Å². The fraction of sp³-hybridized carbons (Fsp3) is 0.800. The average Bonchev–Trinajstić information content (AvgIpc) is 2.13. The first kappa shape index (κ1) is 12.0. The molecule has 0 saturated carbocycles. The normalized spacial score (nSPS) is 22.2. The molecule has 0 spiro atoms. The molecule has 1 atom stereocenters. The van der Waals surface area contributed by atoms with E-state index >= 15 is 0 Å². The second-order valence-corrected chi connectivity index (χ2v) is 4.43. The van der Waals surface area contributed by atoms with Crippen LogP contribution in [0.3, 0.4) is 0 Å². The van der Waals surface area contributed by atoms with E-state index in [1.807, 2.05) is 13.8 Å². The summed E-state index contributed by atoms with van der Waals surface area (Å²) >= 11 is 0. The minimum absolute atomic E-state index is 0.334. The van der Waals surface area contributed by atoms with Crippen LogP contribution >= 0.6 is 0 Å². The maximum atomic E-state index is 11.7. The van der Waals surface area contributed by atoms with Crippen LogP contribution in [-0.2, 0) is 14.3 Å². The van der Waals surface area contributed by atoms with Crippen LogP contribution in [0, 0.1) is 5.92 Å². The Balaban J connectivity index is 2.64. The summed E-state index contributed by atoms with van der Waals surface area (Å²) in [6.07, 6.45) is 0. The van der Waals surface area contributed by atoms with E-state index in [4.69, 9.17) is 9.84 Å². The Labute approximate surface area is 89.0 Å². The Bertz CT molecular complexity index is 275. The Morgan fingerprint density at radius 1 is 1.47 bits per heavy atom. The van der Waals surface area contributed by atoms with E-state index in [0.717, 1.165) is 0 Å². The molecule has 0 aromatic carbocycles. The molecule has 5 nitrogen and oxygen atoms in total. The first-order chi connectivity index (χ1) is 6.83. The lowest BCUT2D eigenvalue weighted by Crippen LogP contribution is -2.52. The smallest absolute Gasteiger partial charge is 0.315 e. The summed E-state index contributed by atoms with van der Waals surface area (Å²) in [7, 11) is 0. The number of aliphatic carboxylic acids is 1. The van der Waals surface area contributed by atoms with Crippen LogP contribution in [-0.4, -0.2) is 47.2 Å². The van der Waals surface area contributed by atoms with Gasteiger partial charge in [0.1, 0.15) is 5.92 Å². The summed E-state index contributed by atoms with van der Waals surface area (Å²) in [5, 5.41) is 8.73. The van der Waals surface area contributed by atoms with Gasteiger partial charge in [-0.2, -0.15) is 0 Å². The first-order valence-electron chi connectivity index (χ1n) is 4.99. The zero-order valence-electron chi connectivity index (χ0n) is 9.32. The van der Waals surface area contributed by atoms with Gasteiger partial charge in [-0.1, -0.05) is 0 Å². The van der Waals surface area contributed by atoms with Crippen molar-refractivity contribution in [3.05, 3.63) is 0 Å². The fourth-order valence-corrected chi connectivity index (χ4v) is 1.58. The van der Waals surface area contributed by atoms with Gasteiger partial charge in [0.15, 0.2) is 0 Å². The van der Waals surface area contributed by atoms with Gasteiger partial charge in [0.25, 0.3) is 0 Å². The van der Waals surface area contributed by atoms with Crippen molar-refractivity contribution in [2.45, 2.75) is 26.4 Å². The number of amides is 1. The summed E-state index contributed by atoms with van der Waals surface area (Å²) < 4.78 is 5.44. The van der Waals surface area contributed by atoms with E-state index in [1.165, 1.54) is 6.92 Å². The molecule has 1 aliphatic heterocycles. The molecule has 1 fully saturated rings. The summed E-state index contributed by atoms with van der Waals surface area (Å²) in [6.45, 7) is 6.57. The molecule has 0 aliphatic carbocycles. The number of morpholine rings is 1. The van der Waals surface area contributed by atoms with E-state index in [9.17, 15) is 9.59 Å². The predicted molar refractivity (Wildman–Crippen MR) is 53.4 cm³/mol. The number of nitrogens with zero attached hydrogens (tertiary/aromatic N) is 1. The van der Waals surface area contributed by atoms with E-state index < -0.39 is 11.9 Å². The summed E-state index contributed by atoms with van der Waals surface area (Å²) in [5.41, 5.74) is -0.383. The molecule has 1 aliphatic rings. The maximum Gasteiger partial charge on any atom is 0.315 e. The predicted octanol–water partition coefficient (Wildman–Crippen LogP) is 0.344. The number of carbonyl (C=O) groups excluding carboxylic acids is 1. The molecular weight excluding hydrogens is 198 g/mol. The van der Waals surface area contributed by atoms with Crippen molar-refractivity contribution in [3.63, 3.8) is 0 Å². The van der Waals surface area contributed by atoms with Gasteiger partial charge in [-0.3, -0.25) is 9.59 Å². The van der Waals surface area contributed by atoms with Crippen molar-refractivity contribution in [2.24, 2.45) is 5.92 Å². The highest BCUT2D eigenvalue weighted by Crippen LogP contribution is 2.18. The third kappa shape index (κ3) is 2.92. The second-order valence-electron chi connectivity index (χ2n) is 4.43. The van der Waals surface area contributed by atoms with Gasteiger partial charge in [0.05, 0.1) is 12.2 Å². The number of ether oxygens (including phenoxy) is 1. The lowest BCUT2D eigenvalue weighted by atomic mass is 10.0. The average molecular weight is 215 g/mol. The number of hydrogen-bond donors (Lipinski definition) is 1. The van der Waals surface area contributed by atoms with Crippen molar-refractivity contribution in [2.75, 3.05) is 19.7 Å². The van der Waals surface area contributed by atoms with Crippen LogP contribution in [0.25, 0.3) is 0 Å². The maximum absolute atomic E-state index is 11.7. The molecule has 15 heavy (non-hydrogen) atoms. The van der Waals surface area contributed by atoms with Gasteiger partial charge >= 0.3 is 5.97 Å². The number of hydrogen-bond acceptors (Lipinski definition) is 3. The van der Waals surface area contributed by atoms with Gasteiger partial charge in [0, 0.05) is 13.1 Å². The number of rotatable bonds is 2. The lowest BCUT2D eigenvalue weighted by molar-refractivity contribution is -0.158. The summed E-state index contributed by atoms with van der Waals surface area (Å²) in [6, 6.07) is 0. The standard InChI is InChI=1S/C10H17NO4/c1-7(9(13)14)8(12)11-4-5-15-10(2,3)6-11/h7H,4-6H2,1-3H3,(H,13,14). The molecular formula is C10H17NO4. The van der Waals surface area contributed by atoms with E-state index in [-0.39, 0.29) is 11.5 Å². The van der Waals surface area contributed by atoms with Crippen LogP contribution in [0.15, 0.2) is 0 Å². The quantitative estimate of drug-likeness (QED) is 0.675. The van der Waals surface area contributed by atoms with Crippen LogP contribution in [0.2, 0.25) is 0 Å². The van der Waals surface area contributed by atoms with Crippen LogP contribution in [0.5, 0.6) is 0 Å². The monoisotopic (exact) mass is 215 g/mol. The van der Waals surface area contributed by atoms with E-state index in [0.29, 0.717) is 19.7 Å². The number of carboxylic acids is 1. The molecule has 0 radical (unpaired) electrons. The first-order valence-corrected chi connectivity index (χ1v) is 4.99. The largest absolute Gasteiger partial charge is 0.481 e. The van der Waals surface area contributed by atoms with Crippen LogP contribution in [0.4, 0.5) is 0 Å². The van der Waals surface area contributed by atoms with Crippen LogP contribution < -0.4 is 0 Å². The van der Waals surface area contributed by atoms with Gasteiger partial charge in [-0.05, 0) is 20.8 Å². The van der Waals surface area contributed by atoms with Gasteiger partial charge in [-0.15, -0.1) is 0 Å². The second kappa shape index (κ2) is 4.18. The number of carboxylic acid groups (broad SMARTS) is 1. The minimum atomic E-state index is -1.08. The number of carbonyl (C=O) groups is 2. The molecule has 1 heterocycles. The molecule has 1 unspecified atom stereocenters. The van der Waals surface area contributed by atoms with Gasteiger partial charge in [0.2, 0.25) is 5.91 Å². The SMILES string of the molecule is CC(C(=O)O)C(=O)N1CCOC(C)(C)C1. The minimum Gasteiger partial charge on any atom is -0.481 e. The molecule has 1 N–H and O–H groups in total. The van der Waals surface area contributed by atoms with Gasteiger partial charge in [-0.25, -0.2) is 0 Å². The van der Waals surface area contributed by atoms with Gasteiger partial charge < -0.3 is 14.7 Å². The Morgan fingerprint density at radius 3 is 2.53 bits per heavy atom. The molecule has 5 heteroatoms. The molecule has 1 rings (SSSR count). The molecule has 1 amide bonds. The van der Waals surface area contributed by atoms with Crippen molar-refractivity contribution in [1.29, 1.82) is 0 Å². The zero-order valence-corrected chi connectivity index (χ0v) is 9.32. The van der Waals surface area contributed by atoms with Crippen molar-refractivity contribution in [3.8, 4) is 0 Å². The topological polar surface area (TPSA) is 66.8 Å². The Morgan fingerprint density at radius 2 is 2.07 bits per heavy atom. The molecule has 0 aromatic heterocycles. The third-order valence-corrected chi connectivity index (χ3v) is 2.48. The van der Waals surface area contributed by atoms with Crippen molar-refractivity contribution in [1.82, 2.24) is 4.90 Å². The zero-order chi connectivity index (χ0) is 11.6. The summed E-state index contributed by atoms with van der Waals surface area (Å²) in [4.78, 5) is 23.9. The van der Waals surface area contributed by atoms with Crippen molar-refractivity contribution >= 4 is 11.9 Å². The van der Waals surface area contributed by atoms with E-state index in [2.05, 4.69) is 0 Å². The Kier molecular flexibility index (Phi) is 3.34. The fourth-order valence-electron chi connectivity index (χ4n) is 1.58. The molecule has 0 bridgehead atoms. The molecule has 1 saturated heterocycles. The molecule has 86 valence electrons.